The number of hydrogen-bond donors (Lipinski definition) is 0. The molecule has 0 unspecified atom stereocenters. The fourth-order valence-corrected chi connectivity index (χ4v) is 2.69. The molecule has 2 aromatic rings. The highest BCUT2D eigenvalue weighted by Gasteiger charge is 2.30. The third-order valence-electron chi connectivity index (χ3n) is 3.26. The van der Waals surface area contributed by atoms with Crippen molar-refractivity contribution < 1.29 is 27.4 Å². The van der Waals surface area contributed by atoms with Gasteiger partial charge in [-0.05, 0) is 40.5 Å². The van der Waals surface area contributed by atoms with Crippen LogP contribution in [0.1, 0.15) is 23.6 Å². The zero-order valence-corrected chi connectivity index (χ0v) is 15.1. The molecule has 2 rings (SSSR count). The van der Waals surface area contributed by atoms with Crippen LogP contribution in [0.25, 0.3) is 0 Å². The summed E-state index contributed by atoms with van der Waals surface area (Å²) < 4.78 is 49.2. The van der Waals surface area contributed by atoms with Crippen LogP contribution in [0.15, 0.2) is 40.9 Å². The predicted octanol–water partition coefficient (Wildman–Crippen LogP) is 4.89. The van der Waals surface area contributed by atoms with E-state index in [0.29, 0.717) is 10.0 Å². The Balaban J connectivity index is 2.22. The van der Waals surface area contributed by atoms with E-state index < -0.39 is 17.7 Å². The Hall–Kier alpha value is -2.53. The minimum absolute atomic E-state index is 0.0721. The molecule has 0 aliphatic heterocycles. The normalized spacial score (nSPS) is 10.9. The van der Waals surface area contributed by atoms with E-state index >= 15 is 0 Å². The van der Waals surface area contributed by atoms with Crippen molar-refractivity contribution in [1.29, 1.82) is 5.26 Å². The zero-order chi connectivity index (χ0) is 19.3. The minimum Gasteiger partial charge on any atom is -0.490 e. The summed E-state index contributed by atoms with van der Waals surface area (Å²) in [6, 6.07) is 9.29. The SMILES string of the molecule is CCOc1cc(C#N)cc(Br)c1OC(=O)Cc1cccc(C(F)(F)F)c1. The lowest BCUT2D eigenvalue weighted by Crippen LogP contribution is -2.13. The summed E-state index contributed by atoms with van der Waals surface area (Å²) in [5.74, 6) is -0.491. The molecule has 0 N–H and O–H groups in total. The second-order valence-corrected chi connectivity index (χ2v) is 6.03. The third kappa shape index (κ3) is 4.99. The third-order valence-corrected chi connectivity index (χ3v) is 3.85. The number of rotatable bonds is 5. The molecule has 8 heteroatoms. The molecule has 0 aliphatic rings. The second-order valence-electron chi connectivity index (χ2n) is 5.18. The minimum atomic E-state index is -4.49. The summed E-state index contributed by atoms with van der Waals surface area (Å²) in [5, 5.41) is 8.99. The molecule has 0 saturated carbocycles. The molecule has 26 heavy (non-hydrogen) atoms. The number of benzene rings is 2. The average molecular weight is 428 g/mol. The van der Waals surface area contributed by atoms with Crippen LogP contribution < -0.4 is 9.47 Å². The first-order valence-corrected chi connectivity index (χ1v) is 8.27. The van der Waals surface area contributed by atoms with Gasteiger partial charge in [0, 0.05) is 6.07 Å². The topological polar surface area (TPSA) is 59.3 Å². The zero-order valence-electron chi connectivity index (χ0n) is 13.6. The van der Waals surface area contributed by atoms with Crippen LogP contribution in [0.5, 0.6) is 11.5 Å². The van der Waals surface area contributed by atoms with E-state index in [-0.39, 0.29) is 30.1 Å². The number of hydrogen-bond acceptors (Lipinski definition) is 4. The quantitative estimate of drug-likeness (QED) is 0.503. The number of carbonyl (C=O) groups excluding carboxylic acids is 1. The smallest absolute Gasteiger partial charge is 0.416 e. The van der Waals surface area contributed by atoms with Gasteiger partial charge in [0.15, 0.2) is 11.5 Å². The van der Waals surface area contributed by atoms with E-state index in [2.05, 4.69) is 15.9 Å². The summed E-state index contributed by atoms with van der Waals surface area (Å²) in [4.78, 5) is 12.2. The Morgan fingerprint density at radius 2 is 2.00 bits per heavy atom. The van der Waals surface area contributed by atoms with E-state index in [4.69, 9.17) is 14.7 Å². The summed E-state index contributed by atoms with van der Waals surface area (Å²) in [6.45, 7) is 2.00. The lowest BCUT2D eigenvalue weighted by Gasteiger charge is -2.13. The molecule has 0 atom stereocenters. The Morgan fingerprint density at radius 3 is 2.62 bits per heavy atom. The molecule has 0 spiro atoms. The summed E-state index contributed by atoms with van der Waals surface area (Å²) in [5.41, 5.74) is -0.358. The van der Waals surface area contributed by atoms with Gasteiger partial charge in [0.1, 0.15) is 0 Å². The Bertz CT molecular complexity index is 860. The number of nitriles is 1. The van der Waals surface area contributed by atoms with Crippen molar-refractivity contribution in [2.24, 2.45) is 0 Å². The molecule has 0 bridgehead atoms. The lowest BCUT2D eigenvalue weighted by molar-refractivity contribution is -0.138. The van der Waals surface area contributed by atoms with Gasteiger partial charge < -0.3 is 9.47 Å². The Labute approximate surface area is 156 Å². The van der Waals surface area contributed by atoms with Crippen molar-refractivity contribution in [3.8, 4) is 17.6 Å². The fraction of sp³-hybridized carbons (Fsp3) is 0.222. The Kier molecular flexibility index (Phi) is 6.27. The van der Waals surface area contributed by atoms with Crippen LogP contribution >= 0.6 is 15.9 Å². The van der Waals surface area contributed by atoms with Gasteiger partial charge >= 0.3 is 12.1 Å². The van der Waals surface area contributed by atoms with Gasteiger partial charge in [-0.3, -0.25) is 4.79 Å². The van der Waals surface area contributed by atoms with Gasteiger partial charge in [0.2, 0.25) is 0 Å². The van der Waals surface area contributed by atoms with E-state index in [0.717, 1.165) is 12.1 Å². The van der Waals surface area contributed by atoms with Crippen LogP contribution in [0.3, 0.4) is 0 Å². The highest BCUT2D eigenvalue weighted by molar-refractivity contribution is 9.10. The van der Waals surface area contributed by atoms with Gasteiger partial charge in [0.05, 0.1) is 34.7 Å². The second kappa shape index (κ2) is 8.23. The predicted molar refractivity (Wildman–Crippen MR) is 90.8 cm³/mol. The number of alkyl halides is 3. The van der Waals surface area contributed by atoms with Crippen LogP contribution in [0, 0.1) is 11.3 Å². The molecule has 0 aromatic heterocycles. The number of ether oxygens (including phenoxy) is 2. The average Bonchev–Trinajstić information content (AvgIpc) is 2.57. The van der Waals surface area contributed by atoms with Crippen molar-refractivity contribution >= 4 is 21.9 Å². The number of halogens is 4. The molecule has 2 aromatic carbocycles. The van der Waals surface area contributed by atoms with Crippen molar-refractivity contribution in [1.82, 2.24) is 0 Å². The largest absolute Gasteiger partial charge is 0.490 e. The monoisotopic (exact) mass is 427 g/mol. The maximum absolute atomic E-state index is 12.7. The van der Waals surface area contributed by atoms with Crippen LogP contribution in [0.4, 0.5) is 13.2 Å². The standard InChI is InChI=1S/C18H13BrF3NO3/c1-2-25-15-8-12(10-23)7-14(19)17(15)26-16(24)9-11-4-3-5-13(6-11)18(20,21)22/h3-8H,2,9H2,1H3. The van der Waals surface area contributed by atoms with Crippen molar-refractivity contribution in [3.05, 3.63) is 57.6 Å². The van der Waals surface area contributed by atoms with E-state index in [1.54, 1.807) is 6.92 Å². The van der Waals surface area contributed by atoms with E-state index in [1.807, 2.05) is 6.07 Å². The molecule has 136 valence electrons. The van der Waals surface area contributed by atoms with Gasteiger partial charge in [-0.1, -0.05) is 18.2 Å². The van der Waals surface area contributed by atoms with Gasteiger partial charge in [0.25, 0.3) is 0 Å². The van der Waals surface area contributed by atoms with Gasteiger partial charge in [-0.15, -0.1) is 0 Å². The van der Waals surface area contributed by atoms with Crippen LogP contribution in [-0.4, -0.2) is 12.6 Å². The summed E-state index contributed by atoms with van der Waals surface area (Å²) in [6.07, 6.45) is -4.83. The number of nitrogens with zero attached hydrogens (tertiary/aromatic N) is 1. The molecule has 4 nitrogen and oxygen atoms in total. The van der Waals surface area contributed by atoms with Crippen LogP contribution in [0.2, 0.25) is 0 Å². The maximum atomic E-state index is 12.7. The first-order valence-electron chi connectivity index (χ1n) is 7.47. The van der Waals surface area contributed by atoms with Gasteiger partial charge in [-0.2, -0.15) is 18.4 Å². The van der Waals surface area contributed by atoms with E-state index in [1.165, 1.54) is 24.3 Å². The maximum Gasteiger partial charge on any atom is 0.416 e. The first-order chi connectivity index (χ1) is 12.2. The van der Waals surface area contributed by atoms with Crippen molar-refractivity contribution in [2.45, 2.75) is 19.5 Å². The molecular formula is C18H13BrF3NO3. The molecule has 0 amide bonds. The Morgan fingerprint density at radius 1 is 1.27 bits per heavy atom. The summed E-state index contributed by atoms with van der Waals surface area (Å²) >= 11 is 3.20. The highest BCUT2D eigenvalue weighted by atomic mass is 79.9. The molecule has 0 aliphatic carbocycles. The van der Waals surface area contributed by atoms with Crippen molar-refractivity contribution in [3.63, 3.8) is 0 Å². The molecule has 0 radical (unpaired) electrons. The fourth-order valence-electron chi connectivity index (χ4n) is 2.17. The van der Waals surface area contributed by atoms with E-state index in [9.17, 15) is 18.0 Å². The molecule has 0 fully saturated rings. The first kappa shape index (κ1) is 19.8. The molecular weight excluding hydrogens is 415 g/mol. The highest BCUT2D eigenvalue weighted by Crippen LogP contribution is 2.37. The van der Waals surface area contributed by atoms with Gasteiger partial charge in [-0.25, -0.2) is 0 Å². The number of esters is 1. The molecule has 0 saturated heterocycles. The van der Waals surface area contributed by atoms with Crippen LogP contribution in [-0.2, 0) is 17.4 Å². The van der Waals surface area contributed by atoms with Crippen molar-refractivity contribution in [2.75, 3.05) is 6.61 Å². The summed E-state index contributed by atoms with van der Waals surface area (Å²) in [7, 11) is 0. The lowest BCUT2D eigenvalue weighted by atomic mass is 10.1. The molecule has 0 heterocycles. The number of carbonyl (C=O) groups is 1.